The first-order valence-electron chi connectivity index (χ1n) is 8.00. The molecule has 0 spiro atoms. The van der Waals surface area contributed by atoms with Gasteiger partial charge < -0.3 is 14.7 Å². The zero-order valence-electron chi connectivity index (χ0n) is 12.4. The highest BCUT2D eigenvalue weighted by Gasteiger charge is 2.25. The van der Waals surface area contributed by atoms with Gasteiger partial charge >= 0.3 is 5.97 Å². The van der Waals surface area contributed by atoms with Crippen molar-refractivity contribution in [2.75, 3.05) is 24.6 Å². The van der Waals surface area contributed by atoms with Gasteiger partial charge in [0, 0.05) is 6.54 Å². The molecule has 1 aromatic rings. The van der Waals surface area contributed by atoms with Gasteiger partial charge in [0.1, 0.15) is 12.2 Å². The van der Waals surface area contributed by atoms with Crippen molar-refractivity contribution in [2.45, 2.75) is 38.5 Å². The fourth-order valence-electron chi connectivity index (χ4n) is 3.52. The van der Waals surface area contributed by atoms with Crippen molar-refractivity contribution in [3.63, 3.8) is 0 Å². The molecular formula is C17H23NO3. The minimum Gasteiger partial charge on any atom is -0.489 e. The summed E-state index contributed by atoms with van der Waals surface area (Å²) in [4.78, 5) is 13.6. The molecule has 21 heavy (non-hydrogen) atoms. The van der Waals surface area contributed by atoms with E-state index in [0.717, 1.165) is 24.7 Å². The Morgan fingerprint density at radius 1 is 1.24 bits per heavy atom. The summed E-state index contributed by atoms with van der Waals surface area (Å²) < 4.78 is 5.64. The summed E-state index contributed by atoms with van der Waals surface area (Å²) >= 11 is 0. The van der Waals surface area contributed by atoms with Gasteiger partial charge in [0.05, 0.1) is 12.2 Å². The fourth-order valence-corrected chi connectivity index (χ4v) is 3.52. The first kappa shape index (κ1) is 14.2. The van der Waals surface area contributed by atoms with E-state index in [1.807, 2.05) is 12.1 Å². The van der Waals surface area contributed by atoms with Crippen molar-refractivity contribution in [1.29, 1.82) is 0 Å². The Morgan fingerprint density at radius 3 is 2.71 bits per heavy atom. The van der Waals surface area contributed by atoms with E-state index in [2.05, 4.69) is 4.90 Å². The summed E-state index contributed by atoms with van der Waals surface area (Å²) in [6, 6.07) is 5.42. The molecule has 0 atom stereocenters. The van der Waals surface area contributed by atoms with E-state index in [1.165, 1.54) is 38.5 Å². The molecule has 0 radical (unpaired) electrons. The Morgan fingerprint density at radius 2 is 2.00 bits per heavy atom. The monoisotopic (exact) mass is 289 g/mol. The minimum absolute atomic E-state index is 0.276. The molecule has 0 amide bonds. The van der Waals surface area contributed by atoms with E-state index in [-0.39, 0.29) is 5.56 Å². The lowest BCUT2D eigenvalue weighted by Gasteiger charge is -2.34. The maximum atomic E-state index is 11.3. The number of benzene rings is 1. The Bertz CT molecular complexity index is 507. The highest BCUT2D eigenvalue weighted by atomic mass is 16.5. The topological polar surface area (TPSA) is 49.8 Å². The van der Waals surface area contributed by atoms with E-state index in [0.29, 0.717) is 12.4 Å². The van der Waals surface area contributed by atoms with Crippen LogP contribution in [0.3, 0.4) is 0 Å². The summed E-state index contributed by atoms with van der Waals surface area (Å²) in [6.45, 7) is 2.45. The maximum Gasteiger partial charge on any atom is 0.339 e. The van der Waals surface area contributed by atoms with Crippen LogP contribution in [0.1, 0.15) is 48.9 Å². The molecule has 3 rings (SSSR count). The third kappa shape index (κ3) is 3.14. The lowest BCUT2D eigenvalue weighted by molar-refractivity contribution is 0.0692. The van der Waals surface area contributed by atoms with Crippen molar-refractivity contribution in [3.05, 3.63) is 23.8 Å². The van der Waals surface area contributed by atoms with E-state index >= 15 is 0 Å². The summed E-state index contributed by atoms with van der Waals surface area (Å²) in [7, 11) is 0. The molecule has 2 aliphatic rings. The molecule has 4 nitrogen and oxygen atoms in total. The molecule has 4 heteroatoms. The summed E-state index contributed by atoms with van der Waals surface area (Å²) in [6.07, 6.45) is 7.98. The van der Waals surface area contributed by atoms with Gasteiger partial charge in [0.2, 0.25) is 0 Å². The van der Waals surface area contributed by atoms with Gasteiger partial charge in [0.15, 0.2) is 5.75 Å². The van der Waals surface area contributed by atoms with Gasteiger partial charge in [-0.15, -0.1) is 0 Å². The molecule has 1 aromatic carbocycles. The van der Waals surface area contributed by atoms with Crippen LogP contribution < -0.4 is 9.64 Å². The first-order valence-corrected chi connectivity index (χ1v) is 8.00. The number of carbonyl (C=O) groups is 1. The Hall–Kier alpha value is -1.71. The van der Waals surface area contributed by atoms with Crippen LogP contribution in [-0.2, 0) is 0 Å². The second kappa shape index (κ2) is 6.37. The zero-order chi connectivity index (χ0) is 14.7. The fraction of sp³-hybridized carbons (Fsp3) is 0.588. The predicted molar refractivity (Wildman–Crippen MR) is 82.3 cm³/mol. The smallest absolute Gasteiger partial charge is 0.339 e. The lowest BCUT2D eigenvalue weighted by Crippen LogP contribution is -2.37. The van der Waals surface area contributed by atoms with Crippen LogP contribution in [0.4, 0.5) is 5.69 Å². The van der Waals surface area contributed by atoms with E-state index in [1.54, 1.807) is 6.07 Å². The predicted octanol–water partition coefficient (Wildman–Crippen LogP) is 3.55. The van der Waals surface area contributed by atoms with Crippen LogP contribution in [0.5, 0.6) is 5.75 Å². The number of para-hydroxylation sites is 1. The van der Waals surface area contributed by atoms with Gasteiger partial charge in [-0.3, -0.25) is 0 Å². The molecule has 1 saturated carbocycles. The number of nitrogens with zero attached hydrogens (tertiary/aromatic N) is 1. The third-order valence-corrected chi connectivity index (χ3v) is 4.63. The second-order valence-corrected chi connectivity index (χ2v) is 6.11. The van der Waals surface area contributed by atoms with Gasteiger partial charge in [-0.25, -0.2) is 4.79 Å². The second-order valence-electron chi connectivity index (χ2n) is 6.11. The van der Waals surface area contributed by atoms with Gasteiger partial charge in [-0.2, -0.15) is 0 Å². The van der Waals surface area contributed by atoms with Crippen molar-refractivity contribution >= 4 is 11.7 Å². The molecule has 0 unspecified atom stereocenters. The molecule has 1 fully saturated rings. The zero-order valence-corrected chi connectivity index (χ0v) is 12.4. The summed E-state index contributed by atoms with van der Waals surface area (Å²) in [5, 5.41) is 9.29. The van der Waals surface area contributed by atoms with Crippen molar-refractivity contribution < 1.29 is 14.6 Å². The number of aromatic carboxylic acids is 1. The number of carboxylic acid groups (broad SMARTS) is 1. The molecule has 1 heterocycles. The lowest BCUT2D eigenvalue weighted by atomic mass is 9.99. The van der Waals surface area contributed by atoms with Crippen molar-refractivity contribution in [2.24, 2.45) is 5.92 Å². The van der Waals surface area contributed by atoms with Crippen LogP contribution in [0.2, 0.25) is 0 Å². The molecule has 1 aliphatic carbocycles. The van der Waals surface area contributed by atoms with Crippen molar-refractivity contribution in [1.82, 2.24) is 0 Å². The third-order valence-electron chi connectivity index (χ3n) is 4.63. The number of anilines is 1. The molecule has 1 aliphatic heterocycles. The summed E-state index contributed by atoms with van der Waals surface area (Å²) in [5.41, 5.74) is 1.23. The SMILES string of the molecule is O=C(O)c1cccc2c1OCCN2CC1CCCCCC1. The standard InChI is InChI=1S/C17H23NO3/c19-17(20)14-8-5-9-15-16(14)21-11-10-18(15)12-13-6-3-1-2-4-7-13/h5,8-9,13H,1-4,6-7,10-12H2,(H,19,20). The molecular weight excluding hydrogens is 266 g/mol. The van der Waals surface area contributed by atoms with Crippen molar-refractivity contribution in [3.8, 4) is 5.75 Å². The van der Waals surface area contributed by atoms with Crippen LogP contribution in [0.15, 0.2) is 18.2 Å². The Balaban J connectivity index is 1.80. The molecule has 0 aromatic heterocycles. The highest BCUT2D eigenvalue weighted by Crippen LogP contribution is 2.36. The molecule has 0 bridgehead atoms. The average Bonchev–Trinajstić information content (AvgIpc) is 2.75. The van der Waals surface area contributed by atoms with Crippen LogP contribution in [-0.4, -0.2) is 30.8 Å². The molecule has 0 saturated heterocycles. The number of fused-ring (bicyclic) bond motifs is 1. The first-order chi connectivity index (χ1) is 10.3. The number of carboxylic acids is 1. The van der Waals surface area contributed by atoms with Gasteiger partial charge in [-0.05, 0) is 30.9 Å². The normalized spacial score (nSPS) is 19.5. The minimum atomic E-state index is -0.914. The number of ether oxygens (including phenoxy) is 1. The number of rotatable bonds is 3. The van der Waals surface area contributed by atoms with E-state index < -0.39 is 5.97 Å². The highest BCUT2D eigenvalue weighted by molar-refractivity contribution is 5.93. The van der Waals surface area contributed by atoms with E-state index in [9.17, 15) is 9.90 Å². The molecule has 114 valence electrons. The van der Waals surface area contributed by atoms with Gasteiger partial charge in [0.25, 0.3) is 0 Å². The van der Waals surface area contributed by atoms with Crippen LogP contribution >= 0.6 is 0 Å². The largest absolute Gasteiger partial charge is 0.489 e. The van der Waals surface area contributed by atoms with E-state index in [4.69, 9.17) is 4.74 Å². The average molecular weight is 289 g/mol. The Labute approximate surface area is 125 Å². The maximum absolute atomic E-state index is 11.3. The van der Waals surface area contributed by atoms with Crippen LogP contribution in [0.25, 0.3) is 0 Å². The Kier molecular flexibility index (Phi) is 4.32. The summed E-state index contributed by atoms with van der Waals surface area (Å²) in [5.74, 6) is 0.361. The quantitative estimate of drug-likeness (QED) is 0.864. The number of hydrogen-bond acceptors (Lipinski definition) is 3. The van der Waals surface area contributed by atoms with Gasteiger partial charge in [-0.1, -0.05) is 31.7 Å². The molecule has 1 N–H and O–H groups in total. The van der Waals surface area contributed by atoms with Crippen LogP contribution in [0, 0.1) is 5.92 Å². The number of hydrogen-bond donors (Lipinski definition) is 1.